The minimum absolute atomic E-state index is 0.000174. The van der Waals surface area contributed by atoms with Gasteiger partial charge in [0, 0.05) is 27.1 Å². The maximum atomic E-state index is 12.3. The van der Waals surface area contributed by atoms with Crippen molar-refractivity contribution in [3.63, 3.8) is 0 Å². The first-order valence-electron chi connectivity index (χ1n) is 6.21. The lowest BCUT2D eigenvalue weighted by atomic mass is 9.90. The summed E-state index contributed by atoms with van der Waals surface area (Å²) in [7, 11) is 5.10. The van der Waals surface area contributed by atoms with Crippen LogP contribution in [0.2, 0.25) is 0 Å². The van der Waals surface area contributed by atoms with Crippen molar-refractivity contribution in [2.45, 2.75) is 40.2 Å². The van der Waals surface area contributed by atoms with Crippen LogP contribution in [-0.2, 0) is 4.79 Å². The van der Waals surface area contributed by atoms with Crippen molar-refractivity contribution in [2.75, 3.05) is 21.1 Å². The van der Waals surface area contributed by atoms with E-state index in [1.807, 2.05) is 27.7 Å². The van der Waals surface area contributed by atoms with Gasteiger partial charge in [0.05, 0.1) is 6.04 Å². The Labute approximate surface area is 105 Å². The zero-order valence-electron chi connectivity index (χ0n) is 12.2. The highest BCUT2D eigenvalue weighted by Crippen LogP contribution is 2.17. The molecule has 0 fully saturated rings. The fourth-order valence-electron chi connectivity index (χ4n) is 1.89. The smallest absolute Gasteiger partial charge is 0.319 e. The molecular weight excluding hydrogens is 216 g/mol. The van der Waals surface area contributed by atoms with Crippen LogP contribution in [0.1, 0.15) is 34.1 Å². The number of carbonyl (C=O) groups excluding carboxylic acids is 2. The van der Waals surface area contributed by atoms with Crippen LogP contribution in [0.5, 0.6) is 0 Å². The van der Waals surface area contributed by atoms with Gasteiger partial charge in [-0.05, 0) is 12.3 Å². The van der Waals surface area contributed by atoms with Crippen LogP contribution in [-0.4, -0.2) is 48.8 Å². The summed E-state index contributed by atoms with van der Waals surface area (Å²) in [5.74, 6) is 0.283. The van der Waals surface area contributed by atoms with E-state index < -0.39 is 0 Å². The molecule has 0 unspecified atom stereocenters. The summed E-state index contributed by atoms with van der Waals surface area (Å²) in [6.45, 7) is 7.87. The third-order valence-corrected chi connectivity index (χ3v) is 3.12. The Bertz CT molecular complexity index is 275. The molecule has 0 aliphatic rings. The van der Waals surface area contributed by atoms with E-state index in [0.29, 0.717) is 0 Å². The van der Waals surface area contributed by atoms with Gasteiger partial charge >= 0.3 is 6.03 Å². The van der Waals surface area contributed by atoms with Crippen molar-refractivity contribution in [2.24, 2.45) is 11.8 Å². The van der Waals surface area contributed by atoms with E-state index in [1.165, 1.54) is 4.90 Å². The first-order chi connectivity index (χ1) is 7.73. The topological polar surface area (TPSA) is 40.6 Å². The molecule has 0 bridgehead atoms. The Kier molecular flexibility index (Phi) is 6.21. The summed E-state index contributed by atoms with van der Waals surface area (Å²) in [6.07, 6.45) is 0.812. The molecule has 100 valence electrons. The van der Waals surface area contributed by atoms with E-state index in [-0.39, 0.29) is 29.7 Å². The maximum absolute atomic E-state index is 12.3. The molecule has 0 aromatic rings. The standard InChI is InChI=1S/C13H26N2O2/c1-8-10(4)12(16)11(9(2)3)15(7)13(17)14(5)6/h9-11H,8H2,1-7H3/t10-,11+/m1/s1. The third kappa shape index (κ3) is 4.02. The second-order valence-corrected chi connectivity index (χ2v) is 5.19. The highest BCUT2D eigenvalue weighted by Gasteiger charge is 2.32. The molecule has 0 aliphatic heterocycles. The second-order valence-electron chi connectivity index (χ2n) is 5.19. The molecule has 17 heavy (non-hydrogen) atoms. The Morgan fingerprint density at radius 1 is 1.06 bits per heavy atom. The number of ketones is 1. The first kappa shape index (κ1) is 15.9. The average molecular weight is 242 g/mol. The van der Waals surface area contributed by atoms with Crippen molar-refractivity contribution >= 4 is 11.8 Å². The zero-order chi connectivity index (χ0) is 13.7. The number of hydrogen-bond donors (Lipinski definition) is 0. The van der Waals surface area contributed by atoms with Gasteiger partial charge in [-0.25, -0.2) is 4.79 Å². The summed E-state index contributed by atoms with van der Waals surface area (Å²) in [4.78, 5) is 27.2. The van der Waals surface area contributed by atoms with Crippen molar-refractivity contribution in [3.8, 4) is 0 Å². The van der Waals surface area contributed by atoms with E-state index in [9.17, 15) is 9.59 Å². The molecule has 0 aliphatic carbocycles. The summed E-state index contributed by atoms with van der Waals surface area (Å²) in [5.41, 5.74) is 0. The number of carbonyl (C=O) groups is 2. The molecule has 0 spiro atoms. The molecule has 0 radical (unpaired) electrons. The number of rotatable bonds is 5. The number of amides is 2. The Morgan fingerprint density at radius 2 is 1.53 bits per heavy atom. The quantitative estimate of drug-likeness (QED) is 0.742. The van der Waals surface area contributed by atoms with Gasteiger partial charge in [0.25, 0.3) is 0 Å². The van der Waals surface area contributed by atoms with Gasteiger partial charge in [-0.3, -0.25) is 4.79 Å². The molecule has 2 amide bonds. The molecule has 0 aromatic carbocycles. The van der Waals surface area contributed by atoms with Crippen LogP contribution < -0.4 is 0 Å². The van der Waals surface area contributed by atoms with E-state index in [1.54, 1.807) is 26.0 Å². The van der Waals surface area contributed by atoms with E-state index in [0.717, 1.165) is 6.42 Å². The average Bonchev–Trinajstić information content (AvgIpc) is 2.25. The minimum atomic E-state index is -0.333. The van der Waals surface area contributed by atoms with Crippen molar-refractivity contribution in [1.82, 2.24) is 9.80 Å². The zero-order valence-corrected chi connectivity index (χ0v) is 12.2. The largest absolute Gasteiger partial charge is 0.331 e. The number of hydrogen-bond acceptors (Lipinski definition) is 2. The monoisotopic (exact) mass is 242 g/mol. The van der Waals surface area contributed by atoms with Crippen molar-refractivity contribution in [1.29, 1.82) is 0 Å². The van der Waals surface area contributed by atoms with Crippen LogP contribution in [0, 0.1) is 11.8 Å². The van der Waals surface area contributed by atoms with Gasteiger partial charge < -0.3 is 9.80 Å². The summed E-state index contributed by atoms with van der Waals surface area (Å²) in [6, 6.07) is -0.458. The van der Waals surface area contributed by atoms with Crippen LogP contribution in [0.15, 0.2) is 0 Å². The van der Waals surface area contributed by atoms with E-state index in [4.69, 9.17) is 0 Å². The van der Waals surface area contributed by atoms with Gasteiger partial charge in [-0.15, -0.1) is 0 Å². The number of Topliss-reactive ketones (excluding diaryl/α,β-unsaturated/α-hetero) is 1. The first-order valence-corrected chi connectivity index (χ1v) is 6.21. The van der Waals surface area contributed by atoms with Crippen molar-refractivity contribution < 1.29 is 9.59 Å². The number of nitrogens with zero attached hydrogens (tertiary/aromatic N) is 2. The highest BCUT2D eigenvalue weighted by molar-refractivity contribution is 5.90. The third-order valence-electron chi connectivity index (χ3n) is 3.12. The molecule has 0 heterocycles. The van der Waals surface area contributed by atoms with Crippen LogP contribution >= 0.6 is 0 Å². The lowest BCUT2D eigenvalue weighted by Gasteiger charge is -2.33. The molecule has 4 nitrogen and oxygen atoms in total. The van der Waals surface area contributed by atoms with Gasteiger partial charge in [0.2, 0.25) is 0 Å². The van der Waals surface area contributed by atoms with Gasteiger partial charge in [-0.1, -0.05) is 27.7 Å². The van der Waals surface area contributed by atoms with Crippen LogP contribution in [0.25, 0.3) is 0 Å². The SMILES string of the molecule is CC[C@@H](C)C(=O)[C@H](C(C)C)N(C)C(=O)N(C)C. The molecule has 0 rings (SSSR count). The molecule has 0 saturated heterocycles. The fourth-order valence-corrected chi connectivity index (χ4v) is 1.89. The molecular formula is C13H26N2O2. The Morgan fingerprint density at radius 3 is 1.82 bits per heavy atom. The molecule has 2 atom stereocenters. The predicted molar refractivity (Wildman–Crippen MR) is 69.9 cm³/mol. The molecule has 4 heteroatoms. The van der Waals surface area contributed by atoms with E-state index >= 15 is 0 Å². The molecule has 0 aromatic heterocycles. The Balaban J connectivity index is 4.98. The fraction of sp³-hybridized carbons (Fsp3) is 0.846. The van der Waals surface area contributed by atoms with Gasteiger partial charge in [0.15, 0.2) is 5.78 Å². The van der Waals surface area contributed by atoms with Gasteiger partial charge in [-0.2, -0.15) is 0 Å². The number of likely N-dealkylation sites (N-methyl/N-ethyl adjacent to an activating group) is 1. The van der Waals surface area contributed by atoms with E-state index in [2.05, 4.69) is 0 Å². The molecule has 0 saturated carbocycles. The van der Waals surface area contributed by atoms with Crippen molar-refractivity contribution in [3.05, 3.63) is 0 Å². The lowest BCUT2D eigenvalue weighted by molar-refractivity contribution is -0.128. The summed E-state index contributed by atoms with van der Waals surface area (Å²) in [5, 5.41) is 0. The summed E-state index contributed by atoms with van der Waals surface area (Å²) < 4.78 is 0. The maximum Gasteiger partial charge on any atom is 0.319 e. The Hall–Kier alpha value is -1.06. The highest BCUT2D eigenvalue weighted by atomic mass is 16.2. The van der Waals surface area contributed by atoms with Gasteiger partial charge in [0.1, 0.15) is 0 Å². The van der Waals surface area contributed by atoms with Crippen LogP contribution in [0.3, 0.4) is 0 Å². The second kappa shape index (κ2) is 6.62. The lowest BCUT2D eigenvalue weighted by Crippen LogP contribution is -2.50. The minimum Gasteiger partial charge on any atom is -0.331 e. The van der Waals surface area contributed by atoms with Crippen LogP contribution in [0.4, 0.5) is 4.79 Å². The summed E-state index contributed by atoms with van der Waals surface area (Å²) >= 11 is 0. The predicted octanol–water partition coefficient (Wildman–Crippen LogP) is 2.24. The molecule has 0 N–H and O–H groups in total. The number of urea groups is 1. The normalized spacial score (nSPS) is 14.4.